The highest BCUT2D eigenvalue weighted by Gasteiger charge is 2.15. The van der Waals surface area contributed by atoms with Crippen molar-refractivity contribution in [3.63, 3.8) is 0 Å². The molecule has 0 aliphatic carbocycles. The van der Waals surface area contributed by atoms with Crippen LogP contribution in [0.3, 0.4) is 0 Å². The molecular formula is C10H9BrN4O2. The van der Waals surface area contributed by atoms with Crippen LogP contribution in [0.5, 0.6) is 0 Å². The molecule has 0 spiro atoms. The van der Waals surface area contributed by atoms with E-state index >= 15 is 0 Å². The van der Waals surface area contributed by atoms with Crippen LogP contribution in [0.1, 0.15) is 5.56 Å². The van der Waals surface area contributed by atoms with E-state index in [9.17, 15) is 10.1 Å². The van der Waals surface area contributed by atoms with Gasteiger partial charge in [0.25, 0.3) is 5.69 Å². The third kappa shape index (κ3) is 3.26. The lowest BCUT2D eigenvalue weighted by Crippen LogP contribution is -2.07. The van der Waals surface area contributed by atoms with Gasteiger partial charge in [0.1, 0.15) is 6.07 Å². The highest BCUT2D eigenvalue weighted by Crippen LogP contribution is 2.32. The minimum absolute atomic E-state index is 0.116. The molecule has 0 unspecified atom stereocenters. The average molecular weight is 297 g/mol. The summed E-state index contributed by atoms with van der Waals surface area (Å²) < 4.78 is 0.267. The number of hydrogen-bond acceptors (Lipinski definition) is 4. The summed E-state index contributed by atoms with van der Waals surface area (Å²) in [7, 11) is 3.53. The van der Waals surface area contributed by atoms with E-state index in [1.165, 1.54) is 18.5 Å². The molecule has 0 aliphatic heterocycles. The van der Waals surface area contributed by atoms with Crippen molar-refractivity contribution in [2.45, 2.75) is 0 Å². The van der Waals surface area contributed by atoms with Crippen molar-refractivity contribution in [3.05, 3.63) is 32.3 Å². The Bertz CT molecular complexity index is 520. The van der Waals surface area contributed by atoms with E-state index in [1.807, 2.05) is 6.07 Å². The SMILES string of the molecule is CN(C)/C=N\c1cc([N+](=O)[O-])c(Br)cc1C#N. The van der Waals surface area contributed by atoms with Gasteiger partial charge in [-0.3, -0.25) is 10.1 Å². The standard InChI is InChI=1S/C10H9BrN4O2/c1-14(2)6-13-9-4-10(15(16)17)8(11)3-7(9)5-12/h3-4,6H,1-2H3/b13-6-. The molecule has 0 bridgehead atoms. The maximum absolute atomic E-state index is 10.7. The predicted octanol–water partition coefficient (Wildman–Crippen LogP) is 2.45. The molecule has 0 saturated heterocycles. The first-order valence-corrected chi connectivity index (χ1v) is 5.33. The molecule has 0 N–H and O–H groups in total. The third-order valence-corrected chi connectivity index (χ3v) is 2.45. The summed E-state index contributed by atoms with van der Waals surface area (Å²) >= 11 is 3.05. The average Bonchev–Trinajstić information content (AvgIpc) is 2.26. The summed E-state index contributed by atoms with van der Waals surface area (Å²) in [6.07, 6.45) is 1.48. The smallest absolute Gasteiger partial charge is 0.285 e. The lowest BCUT2D eigenvalue weighted by atomic mass is 10.2. The Kier molecular flexibility index (Phi) is 4.17. The van der Waals surface area contributed by atoms with E-state index in [2.05, 4.69) is 20.9 Å². The van der Waals surface area contributed by atoms with Gasteiger partial charge in [-0.25, -0.2) is 4.99 Å². The number of benzene rings is 1. The maximum atomic E-state index is 10.7. The lowest BCUT2D eigenvalue weighted by Gasteiger charge is -2.04. The van der Waals surface area contributed by atoms with Crippen molar-refractivity contribution in [1.82, 2.24) is 4.90 Å². The second kappa shape index (κ2) is 5.41. The molecule has 1 aromatic rings. The monoisotopic (exact) mass is 296 g/mol. The summed E-state index contributed by atoms with van der Waals surface area (Å²) in [4.78, 5) is 15.9. The summed E-state index contributed by atoms with van der Waals surface area (Å²) in [5.41, 5.74) is 0.437. The van der Waals surface area contributed by atoms with Crippen molar-refractivity contribution in [1.29, 1.82) is 5.26 Å². The second-order valence-electron chi connectivity index (χ2n) is 3.40. The van der Waals surface area contributed by atoms with E-state index in [0.29, 0.717) is 0 Å². The first-order valence-electron chi connectivity index (χ1n) is 4.54. The first kappa shape index (κ1) is 13.1. The number of hydrogen-bond donors (Lipinski definition) is 0. The minimum Gasteiger partial charge on any atom is -0.369 e. The topological polar surface area (TPSA) is 82.5 Å². The van der Waals surface area contributed by atoms with E-state index in [4.69, 9.17) is 5.26 Å². The Morgan fingerprint density at radius 3 is 2.71 bits per heavy atom. The molecule has 1 rings (SSSR count). The highest BCUT2D eigenvalue weighted by atomic mass is 79.9. The fourth-order valence-electron chi connectivity index (χ4n) is 1.06. The molecule has 0 aromatic heterocycles. The molecule has 88 valence electrons. The quantitative estimate of drug-likeness (QED) is 0.371. The summed E-state index contributed by atoms with van der Waals surface area (Å²) in [5, 5.41) is 19.7. The van der Waals surface area contributed by atoms with Gasteiger partial charge in [0.2, 0.25) is 0 Å². The zero-order chi connectivity index (χ0) is 13.0. The van der Waals surface area contributed by atoms with Crippen molar-refractivity contribution in [2.24, 2.45) is 4.99 Å². The van der Waals surface area contributed by atoms with E-state index < -0.39 is 4.92 Å². The van der Waals surface area contributed by atoms with Crippen LogP contribution in [-0.2, 0) is 0 Å². The molecule has 0 heterocycles. The second-order valence-corrected chi connectivity index (χ2v) is 4.25. The highest BCUT2D eigenvalue weighted by molar-refractivity contribution is 9.10. The molecule has 6 nitrogen and oxygen atoms in total. The Hall–Kier alpha value is -1.94. The molecule has 1 aromatic carbocycles. The summed E-state index contributed by atoms with van der Waals surface area (Å²) in [6.45, 7) is 0. The Labute approximate surface area is 106 Å². The van der Waals surface area contributed by atoms with Gasteiger partial charge in [0.15, 0.2) is 0 Å². The van der Waals surface area contributed by atoms with Crippen molar-refractivity contribution in [2.75, 3.05) is 14.1 Å². The van der Waals surface area contributed by atoms with Gasteiger partial charge in [-0.05, 0) is 22.0 Å². The lowest BCUT2D eigenvalue weighted by molar-refractivity contribution is -0.385. The van der Waals surface area contributed by atoms with Gasteiger partial charge < -0.3 is 4.90 Å². The molecule has 7 heteroatoms. The van der Waals surface area contributed by atoms with Gasteiger partial charge in [-0.1, -0.05) is 0 Å². The zero-order valence-electron chi connectivity index (χ0n) is 9.22. The zero-order valence-corrected chi connectivity index (χ0v) is 10.8. The van der Waals surface area contributed by atoms with E-state index in [0.717, 1.165) is 0 Å². The van der Waals surface area contributed by atoms with Crippen LogP contribution in [0.25, 0.3) is 0 Å². The molecule has 0 radical (unpaired) electrons. The number of nitro benzene ring substituents is 1. The van der Waals surface area contributed by atoms with Crippen LogP contribution in [0.2, 0.25) is 0 Å². The van der Waals surface area contributed by atoms with E-state index in [-0.39, 0.29) is 21.4 Å². The number of nitro groups is 1. The third-order valence-electron chi connectivity index (χ3n) is 1.81. The number of rotatable bonds is 3. The molecule has 17 heavy (non-hydrogen) atoms. The van der Waals surface area contributed by atoms with Crippen LogP contribution in [0.15, 0.2) is 21.6 Å². The van der Waals surface area contributed by atoms with Crippen LogP contribution in [0.4, 0.5) is 11.4 Å². The van der Waals surface area contributed by atoms with Crippen LogP contribution >= 0.6 is 15.9 Å². The largest absolute Gasteiger partial charge is 0.369 e. The van der Waals surface area contributed by atoms with Gasteiger partial charge >= 0.3 is 0 Å². The first-order chi connectivity index (χ1) is 7.95. The van der Waals surface area contributed by atoms with Crippen molar-refractivity contribution in [3.8, 4) is 6.07 Å². The summed E-state index contributed by atoms with van der Waals surface area (Å²) in [5.74, 6) is 0. The number of aliphatic imine (C=N–C) groups is 1. The van der Waals surface area contributed by atoms with Gasteiger partial charge in [0, 0.05) is 20.2 Å². The minimum atomic E-state index is -0.528. The molecule has 0 amide bonds. The number of halogens is 1. The van der Waals surface area contributed by atoms with Gasteiger partial charge in [0.05, 0.1) is 27.0 Å². The summed E-state index contributed by atoms with van der Waals surface area (Å²) in [6, 6.07) is 4.60. The Morgan fingerprint density at radius 1 is 1.59 bits per heavy atom. The van der Waals surface area contributed by atoms with Gasteiger partial charge in [-0.2, -0.15) is 5.26 Å². The van der Waals surface area contributed by atoms with Crippen molar-refractivity contribution < 1.29 is 4.92 Å². The fourth-order valence-corrected chi connectivity index (χ4v) is 1.55. The number of nitriles is 1. The fraction of sp³-hybridized carbons (Fsp3) is 0.200. The Morgan fingerprint density at radius 2 is 2.24 bits per heavy atom. The predicted molar refractivity (Wildman–Crippen MR) is 67.4 cm³/mol. The normalized spacial score (nSPS) is 10.2. The molecule has 0 aliphatic rings. The maximum Gasteiger partial charge on any atom is 0.285 e. The van der Waals surface area contributed by atoms with Crippen molar-refractivity contribution >= 4 is 33.6 Å². The van der Waals surface area contributed by atoms with Crippen LogP contribution in [-0.4, -0.2) is 30.3 Å². The molecular weight excluding hydrogens is 288 g/mol. The molecule has 0 saturated carbocycles. The molecule has 0 atom stereocenters. The Balaban J connectivity index is 3.33. The van der Waals surface area contributed by atoms with Gasteiger partial charge in [-0.15, -0.1) is 0 Å². The number of nitrogens with zero attached hydrogens (tertiary/aromatic N) is 4. The molecule has 0 fully saturated rings. The van der Waals surface area contributed by atoms with Crippen LogP contribution < -0.4 is 0 Å². The van der Waals surface area contributed by atoms with Crippen LogP contribution in [0, 0.1) is 21.4 Å². The van der Waals surface area contributed by atoms with E-state index in [1.54, 1.807) is 19.0 Å².